The molecule has 1 aliphatic heterocycles. The van der Waals surface area contributed by atoms with Crippen molar-refractivity contribution in [3.8, 4) is 0 Å². The maximum Gasteiger partial charge on any atom is 0.334 e. The van der Waals surface area contributed by atoms with Gasteiger partial charge < -0.3 is 9.30 Å². The Morgan fingerprint density at radius 2 is 2.06 bits per heavy atom. The van der Waals surface area contributed by atoms with Crippen molar-refractivity contribution in [2.75, 3.05) is 13.2 Å². The lowest BCUT2D eigenvalue weighted by atomic mass is 10.1. The molecule has 0 saturated carbocycles. The topological polar surface area (TPSA) is 74.4 Å². The Hall–Kier alpha value is -1.69. The lowest BCUT2D eigenvalue weighted by Crippen LogP contribution is -2.31. The molecule has 92 valence electrons. The van der Waals surface area contributed by atoms with Crippen molar-refractivity contribution in [1.82, 2.24) is 4.57 Å². The van der Waals surface area contributed by atoms with E-state index in [9.17, 15) is 14.9 Å². The summed E-state index contributed by atoms with van der Waals surface area (Å²) >= 11 is 0. The van der Waals surface area contributed by atoms with Gasteiger partial charge in [0.25, 0.3) is 0 Å². The number of hydrogen-bond acceptors (Lipinski definition) is 4. The highest BCUT2D eigenvalue weighted by atomic mass is 16.6. The first kappa shape index (κ1) is 11.8. The molecule has 0 unspecified atom stereocenters. The fourth-order valence-electron chi connectivity index (χ4n) is 2.17. The largest absolute Gasteiger partial charge is 0.381 e. The van der Waals surface area contributed by atoms with E-state index in [0.717, 1.165) is 18.5 Å². The number of pyridine rings is 1. The van der Waals surface area contributed by atoms with Crippen LogP contribution in [0.2, 0.25) is 0 Å². The number of ether oxygens (including phenoxy) is 1. The molecule has 0 aliphatic carbocycles. The fraction of sp³-hybridized carbons (Fsp3) is 0.545. The third-order valence-electron chi connectivity index (χ3n) is 3.05. The van der Waals surface area contributed by atoms with Crippen molar-refractivity contribution >= 4 is 5.69 Å². The minimum absolute atomic E-state index is 0.0103. The second-order valence-electron chi connectivity index (χ2n) is 4.14. The molecule has 0 N–H and O–H groups in total. The summed E-state index contributed by atoms with van der Waals surface area (Å²) in [5.74, 6) is 0. The first-order valence-electron chi connectivity index (χ1n) is 5.55. The van der Waals surface area contributed by atoms with Gasteiger partial charge in [-0.3, -0.25) is 14.9 Å². The highest BCUT2D eigenvalue weighted by Crippen LogP contribution is 2.21. The summed E-state index contributed by atoms with van der Waals surface area (Å²) in [6.07, 6.45) is 1.45. The molecule has 2 heterocycles. The van der Waals surface area contributed by atoms with Gasteiger partial charge in [-0.15, -0.1) is 0 Å². The quantitative estimate of drug-likeness (QED) is 0.576. The third kappa shape index (κ3) is 2.21. The normalized spacial score (nSPS) is 17.0. The average Bonchev–Trinajstić information content (AvgIpc) is 2.30. The number of nitrogens with zero attached hydrogens (tertiary/aromatic N) is 2. The summed E-state index contributed by atoms with van der Waals surface area (Å²) in [7, 11) is 0. The number of nitro groups is 1. The third-order valence-corrected chi connectivity index (χ3v) is 3.05. The molecular formula is C11H14N2O4. The van der Waals surface area contributed by atoms with Crippen molar-refractivity contribution in [3.63, 3.8) is 0 Å². The molecule has 0 atom stereocenters. The van der Waals surface area contributed by atoms with Crippen molar-refractivity contribution in [2.45, 2.75) is 25.8 Å². The van der Waals surface area contributed by atoms with Gasteiger partial charge in [0.05, 0.1) is 4.92 Å². The van der Waals surface area contributed by atoms with Crippen molar-refractivity contribution in [2.24, 2.45) is 0 Å². The van der Waals surface area contributed by atoms with Gasteiger partial charge in [-0.1, -0.05) is 0 Å². The smallest absolute Gasteiger partial charge is 0.334 e. The first-order valence-corrected chi connectivity index (χ1v) is 5.55. The first-order chi connectivity index (χ1) is 8.11. The minimum Gasteiger partial charge on any atom is -0.381 e. The van der Waals surface area contributed by atoms with Gasteiger partial charge in [-0.25, -0.2) is 0 Å². The van der Waals surface area contributed by atoms with Gasteiger partial charge in [0.1, 0.15) is 0 Å². The Balaban J connectivity index is 2.47. The number of aromatic nitrogens is 1. The average molecular weight is 238 g/mol. The highest BCUT2D eigenvalue weighted by Gasteiger charge is 2.23. The summed E-state index contributed by atoms with van der Waals surface area (Å²) in [5.41, 5.74) is -0.114. The Bertz CT molecular complexity index is 489. The summed E-state index contributed by atoms with van der Waals surface area (Å²) in [4.78, 5) is 22.1. The Labute approximate surface area is 98.0 Å². The van der Waals surface area contributed by atoms with E-state index in [1.165, 1.54) is 10.6 Å². The molecule has 1 saturated heterocycles. The van der Waals surface area contributed by atoms with Crippen LogP contribution in [0, 0.1) is 17.0 Å². The maximum absolute atomic E-state index is 12.0. The molecule has 1 aliphatic rings. The van der Waals surface area contributed by atoms with E-state index in [-0.39, 0.29) is 11.7 Å². The number of aryl methyl sites for hydroxylation is 1. The second-order valence-corrected chi connectivity index (χ2v) is 4.14. The van der Waals surface area contributed by atoms with Crippen molar-refractivity contribution in [3.05, 3.63) is 38.3 Å². The highest BCUT2D eigenvalue weighted by molar-refractivity contribution is 5.28. The maximum atomic E-state index is 12.0. The van der Waals surface area contributed by atoms with E-state index >= 15 is 0 Å². The molecular weight excluding hydrogens is 224 g/mol. The molecule has 0 aromatic carbocycles. The molecule has 0 bridgehead atoms. The fourth-order valence-corrected chi connectivity index (χ4v) is 2.17. The van der Waals surface area contributed by atoms with Gasteiger partial charge in [-0.2, -0.15) is 0 Å². The van der Waals surface area contributed by atoms with Crippen LogP contribution in [0.3, 0.4) is 0 Å². The van der Waals surface area contributed by atoms with E-state index in [2.05, 4.69) is 0 Å². The molecule has 6 heteroatoms. The van der Waals surface area contributed by atoms with E-state index in [1.54, 1.807) is 13.0 Å². The Morgan fingerprint density at radius 1 is 1.41 bits per heavy atom. The molecule has 1 aromatic rings. The summed E-state index contributed by atoms with van der Waals surface area (Å²) < 4.78 is 6.76. The van der Waals surface area contributed by atoms with Crippen LogP contribution in [0.15, 0.2) is 16.9 Å². The van der Waals surface area contributed by atoms with Crippen LogP contribution in [0.4, 0.5) is 5.69 Å². The number of rotatable bonds is 2. The zero-order valence-electron chi connectivity index (χ0n) is 9.59. The van der Waals surface area contributed by atoms with Gasteiger partial charge in [0.15, 0.2) is 0 Å². The molecule has 17 heavy (non-hydrogen) atoms. The summed E-state index contributed by atoms with van der Waals surface area (Å²) in [5, 5.41) is 10.7. The lowest BCUT2D eigenvalue weighted by molar-refractivity contribution is -0.386. The zero-order valence-corrected chi connectivity index (χ0v) is 9.59. The van der Waals surface area contributed by atoms with Crippen LogP contribution in [0.5, 0.6) is 0 Å². The van der Waals surface area contributed by atoms with Crippen LogP contribution < -0.4 is 5.56 Å². The van der Waals surface area contributed by atoms with Crippen LogP contribution in [0.25, 0.3) is 0 Å². The molecule has 6 nitrogen and oxygen atoms in total. The molecule has 1 fully saturated rings. The predicted molar refractivity (Wildman–Crippen MR) is 61.2 cm³/mol. The Morgan fingerprint density at radius 3 is 2.65 bits per heavy atom. The molecule has 0 amide bonds. The standard InChI is InChI=1S/C11H14N2O4/c1-8-2-3-10(13(15)16)11(14)12(8)9-4-6-17-7-5-9/h2-3,9H,4-7H2,1H3. The Kier molecular flexibility index (Phi) is 3.23. The van der Waals surface area contributed by atoms with Crippen LogP contribution in [-0.2, 0) is 4.74 Å². The minimum atomic E-state index is -0.627. The van der Waals surface area contributed by atoms with Gasteiger partial charge >= 0.3 is 11.2 Å². The van der Waals surface area contributed by atoms with E-state index in [0.29, 0.717) is 13.2 Å². The van der Waals surface area contributed by atoms with Gasteiger partial charge in [-0.05, 0) is 25.8 Å². The van der Waals surface area contributed by atoms with Crippen molar-refractivity contribution in [1.29, 1.82) is 0 Å². The van der Waals surface area contributed by atoms with Crippen molar-refractivity contribution < 1.29 is 9.66 Å². The molecule has 2 rings (SSSR count). The monoisotopic (exact) mass is 238 g/mol. The van der Waals surface area contributed by atoms with E-state index in [1.807, 2.05) is 0 Å². The second kappa shape index (κ2) is 4.67. The van der Waals surface area contributed by atoms with Crippen LogP contribution >= 0.6 is 0 Å². The summed E-state index contributed by atoms with van der Waals surface area (Å²) in [6, 6.07) is 2.90. The predicted octanol–water partition coefficient (Wildman–Crippen LogP) is 1.42. The van der Waals surface area contributed by atoms with E-state index in [4.69, 9.17) is 4.74 Å². The lowest BCUT2D eigenvalue weighted by Gasteiger charge is -2.25. The molecule has 0 radical (unpaired) electrons. The van der Waals surface area contributed by atoms with Crippen LogP contribution in [0.1, 0.15) is 24.6 Å². The molecule has 0 spiro atoms. The van der Waals surface area contributed by atoms with Gasteiger partial charge in [0, 0.05) is 31.0 Å². The summed E-state index contributed by atoms with van der Waals surface area (Å²) in [6.45, 7) is 2.99. The molecule has 1 aromatic heterocycles. The van der Waals surface area contributed by atoms with Crippen LogP contribution in [-0.4, -0.2) is 22.7 Å². The zero-order chi connectivity index (χ0) is 12.4. The number of hydrogen-bond donors (Lipinski definition) is 0. The van der Waals surface area contributed by atoms with E-state index < -0.39 is 10.5 Å². The SMILES string of the molecule is Cc1ccc([N+](=O)[O-])c(=O)n1C1CCOCC1. The van der Waals surface area contributed by atoms with Gasteiger partial charge in [0.2, 0.25) is 0 Å².